The number of benzene rings is 3. The Morgan fingerprint density at radius 2 is 1.58 bits per heavy atom. The molecule has 0 saturated heterocycles. The molecular formula is C21H16Cl2N2O5S. The van der Waals surface area contributed by atoms with E-state index in [-0.39, 0.29) is 27.6 Å². The Hall–Kier alpha value is -3.07. The van der Waals surface area contributed by atoms with Gasteiger partial charge in [-0.2, -0.15) is 0 Å². The van der Waals surface area contributed by atoms with Crippen molar-refractivity contribution in [1.29, 1.82) is 0 Å². The lowest BCUT2D eigenvalue weighted by molar-refractivity contribution is -0.136. The topological polar surface area (TPSA) is 113 Å². The van der Waals surface area contributed by atoms with Crippen LogP contribution in [0.5, 0.6) is 0 Å². The van der Waals surface area contributed by atoms with Crippen LogP contribution in [-0.2, 0) is 21.2 Å². The fourth-order valence-electron chi connectivity index (χ4n) is 2.74. The third-order valence-electron chi connectivity index (χ3n) is 4.13. The van der Waals surface area contributed by atoms with E-state index in [4.69, 9.17) is 28.3 Å². The van der Waals surface area contributed by atoms with Gasteiger partial charge in [0.1, 0.15) is 0 Å². The normalized spacial score (nSPS) is 11.0. The molecule has 0 bridgehead atoms. The van der Waals surface area contributed by atoms with Crippen LogP contribution < -0.4 is 10.0 Å². The van der Waals surface area contributed by atoms with Crippen molar-refractivity contribution < 1.29 is 23.1 Å². The van der Waals surface area contributed by atoms with Gasteiger partial charge in [0.2, 0.25) is 0 Å². The summed E-state index contributed by atoms with van der Waals surface area (Å²) >= 11 is 11.8. The molecule has 3 aromatic carbocycles. The Balaban J connectivity index is 1.88. The third kappa shape index (κ3) is 5.97. The molecular weight excluding hydrogens is 463 g/mol. The van der Waals surface area contributed by atoms with Crippen LogP contribution in [0.4, 0.5) is 11.4 Å². The first-order chi connectivity index (χ1) is 14.6. The molecule has 0 aliphatic carbocycles. The van der Waals surface area contributed by atoms with Crippen molar-refractivity contribution in [3.05, 3.63) is 87.9 Å². The number of amides is 1. The summed E-state index contributed by atoms with van der Waals surface area (Å²) in [5.74, 6) is -1.62. The van der Waals surface area contributed by atoms with Gasteiger partial charge in [-0.1, -0.05) is 35.3 Å². The monoisotopic (exact) mass is 478 g/mol. The Kier molecular flexibility index (Phi) is 6.84. The summed E-state index contributed by atoms with van der Waals surface area (Å²) in [4.78, 5) is 23.7. The van der Waals surface area contributed by atoms with Crippen LogP contribution in [0.15, 0.2) is 71.6 Å². The zero-order chi connectivity index (χ0) is 22.6. The van der Waals surface area contributed by atoms with Crippen LogP contribution in [0.2, 0.25) is 10.0 Å². The standard InChI is InChI=1S/C21H16Cl2N2O5S/c22-14-4-7-17(8-5-14)31(29,30)25-19-9-6-15(23)12-18(19)21(28)24-16-3-1-2-13(10-16)11-20(26)27/h1-10,12,25H,11H2,(H,24,28)(H,26,27). The van der Waals surface area contributed by atoms with Gasteiger partial charge in [-0.15, -0.1) is 0 Å². The Labute approximate surface area is 188 Å². The lowest BCUT2D eigenvalue weighted by Gasteiger charge is -2.14. The van der Waals surface area contributed by atoms with Gasteiger partial charge in [0.05, 0.1) is 22.6 Å². The van der Waals surface area contributed by atoms with E-state index in [1.807, 2.05) is 0 Å². The van der Waals surface area contributed by atoms with Gasteiger partial charge in [0, 0.05) is 15.7 Å². The van der Waals surface area contributed by atoms with Crippen LogP contribution in [0.25, 0.3) is 0 Å². The molecule has 31 heavy (non-hydrogen) atoms. The molecule has 0 unspecified atom stereocenters. The Morgan fingerprint density at radius 3 is 2.26 bits per heavy atom. The van der Waals surface area contributed by atoms with E-state index in [1.165, 1.54) is 48.5 Å². The molecule has 3 aromatic rings. The van der Waals surface area contributed by atoms with E-state index in [0.29, 0.717) is 16.3 Å². The zero-order valence-electron chi connectivity index (χ0n) is 15.8. The summed E-state index contributed by atoms with van der Waals surface area (Å²) in [6, 6.07) is 16.1. The predicted octanol–water partition coefficient (Wildman–Crippen LogP) is 4.67. The lowest BCUT2D eigenvalue weighted by Crippen LogP contribution is -2.18. The average molecular weight is 479 g/mol. The van der Waals surface area contributed by atoms with Gasteiger partial charge in [0.25, 0.3) is 15.9 Å². The van der Waals surface area contributed by atoms with E-state index in [9.17, 15) is 18.0 Å². The van der Waals surface area contributed by atoms with Crippen molar-refractivity contribution in [2.45, 2.75) is 11.3 Å². The molecule has 10 heteroatoms. The molecule has 3 N–H and O–H groups in total. The summed E-state index contributed by atoms with van der Waals surface area (Å²) in [5.41, 5.74) is 0.877. The number of carbonyl (C=O) groups excluding carboxylic acids is 1. The number of rotatable bonds is 7. The fourth-order valence-corrected chi connectivity index (χ4v) is 4.12. The lowest BCUT2D eigenvalue weighted by atomic mass is 10.1. The first-order valence-electron chi connectivity index (χ1n) is 8.84. The maximum Gasteiger partial charge on any atom is 0.307 e. The van der Waals surface area contributed by atoms with Crippen molar-refractivity contribution in [3.63, 3.8) is 0 Å². The number of hydrogen-bond donors (Lipinski definition) is 3. The van der Waals surface area contributed by atoms with Crippen molar-refractivity contribution in [2.75, 3.05) is 10.0 Å². The Bertz CT molecular complexity index is 1240. The summed E-state index contributed by atoms with van der Waals surface area (Å²) in [6.45, 7) is 0. The third-order valence-corrected chi connectivity index (χ3v) is 6.00. The number of sulfonamides is 1. The number of nitrogens with one attached hydrogen (secondary N) is 2. The fraction of sp³-hybridized carbons (Fsp3) is 0.0476. The number of hydrogen-bond acceptors (Lipinski definition) is 4. The maximum atomic E-state index is 12.8. The molecule has 0 saturated carbocycles. The highest BCUT2D eigenvalue weighted by Gasteiger charge is 2.19. The van der Waals surface area contributed by atoms with Crippen molar-refractivity contribution >= 4 is 56.5 Å². The van der Waals surface area contributed by atoms with Crippen molar-refractivity contribution in [1.82, 2.24) is 0 Å². The molecule has 3 rings (SSSR count). The number of aliphatic carboxylic acids is 1. The minimum atomic E-state index is -3.99. The number of halogens is 2. The number of carboxylic acid groups (broad SMARTS) is 1. The van der Waals surface area contributed by atoms with E-state index in [0.717, 1.165) is 0 Å². The molecule has 0 fully saturated rings. The summed E-state index contributed by atoms with van der Waals surface area (Å²) in [5, 5.41) is 12.2. The van der Waals surface area contributed by atoms with Crippen LogP contribution in [0.3, 0.4) is 0 Å². The largest absolute Gasteiger partial charge is 0.481 e. The van der Waals surface area contributed by atoms with Gasteiger partial charge < -0.3 is 10.4 Å². The molecule has 7 nitrogen and oxygen atoms in total. The van der Waals surface area contributed by atoms with Crippen LogP contribution in [0.1, 0.15) is 15.9 Å². The van der Waals surface area contributed by atoms with Gasteiger partial charge in [-0.25, -0.2) is 8.42 Å². The van der Waals surface area contributed by atoms with E-state index in [1.54, 1.807) is 18.2 Å². The molecule has 0 spiro atoms. The summed E-state index contributed by atoms with van der Waals surface area (Å²) in [7, 11) is -3.99. The molecule has 0 aliphatic heterocycles. The number of carbonyl (C=O) groups is 2. The first-order valence-corrected chi connectivity index (χ1v) is 11.1. The van der Waals surface area contributed by atoms with Crippen LogP contribution in [-0.4, -0.2) is 25.4 Å². The van der Waals surface area contributed by atoms with E-state index in [2.05, 4.69) is 10.0 Å². The average Bonchev–Trinajstić information content (AvgIpc) is 2.69. The van der Waals surface area contributed by atoms with E-state index < -0.39 is 21.9 Å². The second kappa shape index (κ2) is 9.38. The minimum absolute atomic E-state index is 0.00586. The SMILES string of the molecule is O=C(O)Cc1cccc(NC(=O)c2cc(Cl)ccc2NS(=O)(=O)c2ccc(Cl)cc2)c1. The second-order valence-electron chi connectivity index (χ2n) is 6.47. The van der Waals surface area contributed by atoms with E-state index >= 15 is 0 Å². The number of anilines is 2. The van der Waals surface area contributed by atoms with Gasteiger partial charge in [-0.05, 0) is 60.2 Å². The molecule has 1 amide bonds. The van der Waals surface area contributed by atoms with Crippen LogP contribution >= 0.6 is 23.2 Å². The molecule has 0 heterocycles. The smallest absolute Gasteiger partial charge is 0.307 e. The van der Waals surface area contributed by atoms with Crippen LogP contribution in [0, 0.1) is 0 Å². The molecule has 0 aliphatic rings. The molecule has 0 radical (unpaired) electrons. The van der Waals surface area contributed by atoms with Crippen molar-refractivity contribution in [2.24, 2.45) is 0 Å². The highest BCUT2D eigenvalue weighted by atomic mass is 35.5. The second-order valence-corrected chi connectivity index (χ2v) is 9.03. The van der Waals surface area contributed by atoms with Gasteiger partial charge >= 0.3 is 5.97 Å². The van der Waals surface area contributed by atoms with Gasteiger partial charge in [0.15, 0.2) is 0 Å². The maximum absolute atomic E-state index is 12.8. The molecule has 0 atom stereocenters. The number of carboxylic acids is 1. The van der Waals surface area contributed by atoms with Crippen molar-refractivity contribution in [3.8, 4) is 0 Å². The molecule has 0 aromatic heterocycles. The highest BCUT2D eigenvalue weighted by Crippen LogP contribution is 2.25. The minimum Gasteiger partial charge on any atom is -0.481 e. The highest BCUT2D eigenvalue weighted by molar-refractivity contribution is 7.92. The van der Waals surface area contributed by atoms with Gasteiger partial charge in [-0.3, -0.25) is 14.3 Å². The molecule has 160 valence electrons. The summed E-state index contributed by atoms with van der Waals surface area (Å²) < 4.78 is 27.8. The quantitative estimate of drug-likeness (QED) is 0.456. The zero-order valence-corrected chi connectivity index (χ0v) is 18.1. The predicted molar refractivity (Wildman–Crippen MR) is 119 cm³/mol. The first kappa shape index (κ1) is 22.6. The Morgan fingerprint density at radius 1 is 0.903 bits per heavy atom. The summed E-state index contributed by atoms with van der Waals surface area (Å²) in [6.07, 6.45) is -0.201.